The predicted molar refractivity (Wildman–Crippen MR) is 106 cm³/mol. The third kappa shape index (κ3) is 4.05. The van der Waals surface area contributed by atoms with Crippen LogP contribution in [0.5, 0.6) is 0 Å². The standard InChI is InChI=1S/C23H34O5/c1-7-16-18(23(6)12-8-11-22(4,5)13-23)10-9-17-19(16)21(27-15(3)25)28-20(17)26-14(2)24/h7,10,17,19-21H,8-9,11-13H2,1-6H3/b16-7-/t17-,19+,20-,21+,23+/m1/s1. The Kier molecular flexibility index (Phi) is 5.77. The smallest absolute Gasteiger partial charge is 0.304 e. The highest BCUT2D eigenvalue weighted by molar-refractivity contribution is 5.67. The number of allylic oxidation sites excluding steroid dienone is 3. The summed E-state index contributed by atoms with van der Waals surface area (Å²) in [5.74, 6) is -0.919. The van der Waals surface area contributed by atoms with Crippen LogP contribution in [-0.4, -0.2) is 24.5 Å². The molecule has 2 aliphatic carbocycles. The number of rotatable bonds is 3. The quantitative estimate of drug-likeness (QED) is 0.641. The molecule has 28 heavy (non-hydrogen) atoms. The number of esters is 2. The Morgan fingerprint density at radius 2 is 1.75 bits per heavy atom. The van der Waals surface area contributed by atoms with Crippen LogP contribution < -0.4 is 0 Å². The van der Waals surface area contributed by atoms with Crippen LogP contribution in [0.4, 0.5) is 0 Å². The van der Waals surface area contributed by atoms with Crippen molar-refractivity contribution in [2.75, 3.05) is 0 Å². The van der Waals surface area contributed by atoms with Crippen LogP contribution in [0.2, 0.25) is 0 Å². The van der Waals surface area contributed by atoms with Gasteiger partial charge in [-0.1, -0.05) is 39.3 Å². The normalized spacial score (nSPS) is 38.5. The number of ether oxygens (including phenoxy) is 3. The van der Waals surface area contributed by atoms with Gasteiger partial charge in [0.25, 0.3) is 0 Å². The molecule has 0 amide bonds. The molecule has 0 bridgehead atoms. The molecule has 1 saturated carbocycles. The summed E-state index contributed by atoms with van der Waals surface area (Å²) in [5, 5.41) is 0. The summed E-state index contributed by atoms with van der Waals surface area (Å²) >= 11 is 0. The van der Waals surface area contributed by atoms with Gasteiger partial charge in [-0.15, -0.1) is 0 Å². The van der Waals surface area contributed by atoms with Gasteiger partial charge in [-0.3, -0.25) is 9.59 Å². The minimum Gasteiger partial charge on any atom is -0.435 e. The first-order valence-electron chi connectivity index (χ1n) is 10.4. The second kappa shape index (κ2) is 7.66. The van der Waals surface area contributed by atoms with Gasteiger partial charge in [-0.05, 0) is 54.6 Å². The summed E-state index contributed by atoms with van der Waals surface area (Å²) in [4.78, 5) is 23.2. The van der Waals surface area contributed by atoms with Crippen LogP contribution in [0.1, 0.15) is 73.6 Å². The van der Waals surface area contributed by atoms with E-state index in [4.69, 9.17) is 14.2 Å². The highest BCUT2D eigenvalue weighted by atomic mass is 16.8. The van der Waals surface area contributed by atoms with Gasteiger partial charge in [-0.25, -0.2) is 0 Å². The average molecular weight is 391 g/mol. The van der Waals surface area contributed by atoms with Gasteiger partial charge >= 0.3 is 11.9 Å². The molecule has 0 spiro atoms. The molecule has 1 saturated heterocycles. The van der Waals surface area contributed by atoms with Crippen LogP contribution in [0, 0.1) is 22.7 Å². The predicted octanol–water partition coefficient (Wildman–Crippen LogP) is 4.91. The Morgan fingerprint density at radius 1 is 1.11 bits per heavy atom. The molecule has 3 rings (SSSR count). The summed E-state index contributed by atoms with van der Waals surface area (Å²) in [6.07, 6.45) is 8.54. The summed E-state index contributed by atoms with van der Waals surface area (Å²) in [7, 11) is 0. The molecule has 5 nitrogen and oxygen atoms in total. The fourth-order valence-electron chi connectivity index (χ4n) is 5.78. The molecule has 5 heteroatoms. The summed E-state index contributed by atoms with van der Waals surface area (Å²) < 4.78 is 16.8. The van der Waals surface area contributed by atoms with Crippen LogP contribution >= 0.6 is 0 Å². The van der Waals surface area contributed by atoms with Gasteiger partial charge in [0.1, 0.15) is 0 Å². The zero-order valence-electron chi connectivity index (χ0n) is 18.0. The molecule has 0 aromatic rings. The maximum Gasteiger partial charge on any atom is 0.304 e. The lowest BCUT2D eigenvalue weighted by molar-refractivity contribution is -0.213. The highest BCUT2D eigenvalue weighted by Gasteiger charge is 2.53. The number of carbonyl (C=O) groups is 2. The average Bonchev–Trinajstić information content (AvgIpc) is 2.89. The molecule has 5 atom stereocenters. The fourth-order valence-corrected chi connectivity index (χ4v) is 5.78. The van der Waals surface area contributed by atoms with Crippen LogP contribution in [0.15, 0.2) is 23.3 Å². The van der Waals surface area contributed by atoms with Crippen LogP contribution in [0.25, 0.3) is 0 Å². The first-order valence-corrected chi connectivity index (χ1v) is 10.4. The van der Waals surface area contributed by atoms with E-state index >= 15 is 0 Å². The Bertz CT molecular complexity index is 704. The monoisotopic (exact) mass is 390 g/mol. The first-order chi connectivity index (χ1) is 13.1. The molecule has 3 aliphatic rings. The van der Waals surface area contributed by atoms with Crippen molar-refractivity contribution >= 4 is 11.9 Å². The zero-order valence-corrected chi connectivity index (χ0v) is 18.0. The van der Waals surface area contributed by atoms with Crippen molar-refractivity contribution < 1.29 is 23.8 Å². The van der Waals surface area contributed by atoms with Crippen molar-refractivity contribution in [3.8, 4) is 0 Å². The second-order valence-corrected chi connectivity index (χ2v) is 9.63. The van der Waals surface area contributed by atoms with E-state index in [-0.39, 0.29) is 29.2 Å². The molecule has 0 aromatic heterocycles. The molecule has 0 aromatic carbocycles. The number of hydrogen-bond acceptors (Lipinski definition) is 5. The van der Waals surface area contributed by atoms with E-state index in [0.29, 0.717) is 5.41 Å². The van der Waals surface area contributed by atoms with Gasteiger partial charge in [0.05, 0.1) is 5.92 Å². The first kappa shape index (κ1) is 21.1. The number of fused-ring (bicyclic) bond motifs is 1. The van der Waals surface area contributed by atoms with Crippen molar-refractivity contribution in [1.29, 1.82) is 0 Å². The lowest BCUT2D eigenvalue weighted by atomic mass is 9.57. The Morgan fingerprint density at radius 3 is 2.32 bits per heavy atom. The molecule has 0 N–H and O–H groups in total. The minimum atomic E-state index is -0.720. The molecule has 156 valence electrons. The second-order valence-electron chi connectivity index (χ2n) is 9.63. The molecular formula is C23H34O5. The Balaban J connectivity index is 1.96. The topological polar surface area (TPSA) is 61.8 Å². The fraction of sp³-hybridized carbons (Fsp3) is 0.739. The maximum absolute atomic E-state index is 11.7. The number of hydrogen-bond donors (Lipinski definition) is 0. The maximum atomic E-state index is 11.7. The van der Waals surface area contributed by atoms with E-state index in [0.717, 1.165) is 19.3 Å². The van der Waals surface area contributed by atoms with E-state index in [9.17, 15) is 9.59 Å². The molecule has 0 radical (unpaired) electrons. The van der Waals surface area contributed by atoms with Crippen molar-refractivity contribution in [3.63, 3.8) is 0 Å². The minimum absolute atomic E-state index is 0.0385. The number of carbonyl (C=O) groups excluding carboxylic acids is 2. The molecule has 2 fully saturated rings. The lowest BCUT2D eigenvalue weighted by Gasteiger charge is -2.47. The van der Waals surface area contributed by atoms with E-state index in [2.05, 4.69) is 32.9 Å². The Hall–Kier alpha value is -1.62. The molecular weight excluding hydrogens is 356 g/mol. The third-order valence-electron chi connectivity index (χ3n) is 6.61. The SMILES string of the molecule is C/C=C1/C([C@@]2(C)CCCC(C)(C)C2)=CC[C@H]2[C@H](OC(C)=O)O[C@H](OC(C)=O)[C@@H]12. The van der Waals surface area contributed by atoms with Crippen molar-refractivity contribution in [3.05, 3.63) is 23.3 Å². The van der Waals surface area contributed by atoms with Crippen molar-refractivity contribution in [2.24, 2.45) is 22.7 Å². The van der Waals surface area contributed by atoms with Gasteiger partial charge in [0.2, 0.25) is 12.6 Å². The van der Waals surface area contributed by atoms with Crippen molar-refractivity contribution in [2.45, 2.75) is 86.2 Å². The van der Waals surface area contributed by atoms with Gasteiger partial charge < -0.3 is 14.2 Å². The Labute approximate surface area is 168 Å². The van der Waals surface area contributed by atoms with Crippen LogP contribution in [0.3, 0.4) is 0 Å². The van der Waals surface area contributed by atoms with Gasteiger partial charge in [-0.2, -0.15) is 0 Å². The van der Waals surface area contributed by atoms with E-state index in [1.165, 1.54) is 37.8 Å². The van der Waals surface area contributed by atoms with E-state index in [1.807, 2.05) is 6.92 Å². The molecule has 0 unspecified atom stereocenters. The zero-order chi connectivity index (χ0) is 20.7. The third-order valence-corrected chi connectivity index (χ3v) is 6.61. The van der Waals surface area contributed by atoms with Gasteiger partial charge in [0, 0.05) is 19.8 Å². The summed E-state index contributed by atoms with van der Waals surface area (Å²) in [6.45, 7) is 11.9. The van der Waals surface area contributed by atoms with E-state index in [1.54, 1.807) is 0 Å². The lowest BCUT2D eigenvalue weighted by Crippen LogP contribution is -2.38. The van der Waals surface area contributed by atoms with Crippen LogP contribution in [-0.2, 0) is 23.8 Å². The summed E-state index contributed by atoms with van der Waals surface area (Å²) in [6, 6.07) is 0. The highest BCUT2D eigenvalue weighted by Crippen LogP contribution is 2.56. The molecule has 1 heterocycles. The molecule has 1 aliphatic heterocycles. The largest absolute Gasteiger partial charge is 0.435 e. The van der Waals surface area contributed by atoms with Gasteiger partial charge in [0.15, 0.2) is 0 Å². The van der Waals surface area contributed by atoms with E-state index < -0.39 is 12.6 Å². The summed E-state index contributed by atoms with van der Waals surface area (Å²) in [5.41, 5.74) is 2.94. The van der Waals surface area contributed by atoms with Crippen molar-refractivity contribution in [1.82, 2.24) is 0 Å².